The molecule has 3 heterocycles. The maximum atomic E-state index is 12.9. The van der Waals surface area contributed by atoms with Crippen LogP contribution in [-0.4, -0.2) is 36.1 Å². The molecule has 9 heteroatoms. The molecule has 1 saturated carbocycles. The number of methoxy groups -OCH3 is 1. The largest absolute Gasteiger partial charge is 0.375 e. The van der Waals surface area contributed by atoms with Crippen molar-refractivity contribution >= 4 is 28.2 Å². The van der Waals surface area contributed by atoms with E-state index >= 15 is 0 Å². The van der Waals surface area contributed by atoms with E-state index in [1.807, 2.05) is 16.5 Å². The second-order valence-corrected chi connectivity index (χ2v) is 7.23. The van der Waals surface area contributed by atoms with Gasteiger partial charge in [-0.15, -0.1) is 5.10 Å². The minimum absolute atomic E-state index is 0.0938. The molecule has 0 aliphatic heterocycles. The zero-order valence-corrected chi connectivity index (χ0v) is 15.6. The zero-order valence-electron chi connectivity index (χ0n) is 14.8. The van der Waals surface area contributed by atoms with Crippen molar-refractivity contribution in [2.45, 2.75) is 18.9 Å². The van der Waals surface area contributed by atoms with Crippen LogP contribution in [0.3, 0.4) is 0 Å². The summed E-state index contributed by atoms with van der Waals surface area (Å²) in [6.07, 6.45) is 5.52. The van der Waals surface area contributed by atoms with Crippen LogP contribution in [0.4, 0.5) is 0 Å². The van der Waals surface area contributed by atoms with Crippen molar-refractivity contribution in [3.8, 4) is 5.82 Å². The number of ether oxygens (including phenoxy) is 1. The lowest BCUT2D eigenvalue weighted by Crippen LogP contribution is -2.21. The molecule has 0 radical (unpaired) electrons. The first-order valence-corrected chi connectivity index (χ1v) is 9.07. The summed E-state index contributed by atoms with van der Waals surface area (Å²) in [4.78, 5) is 17.5. The number of halogens is 1. The average Bonchev–Trinajstić information content (AvgIpc) is 3.21. The highest BCUT2D eigenvalue weighted by atomic mass is 35.5. The summed E-state index contributed by atoms with van der Waals surface area (Å²) in [5, 5.41) is 9.17. The predicted octanol–water partition coefficient (Wildman–Crippen LogP) is 2.52. The number of rotatable bonds is 4. The molecule has 1 atom stereocenters. The van der Waals surface area contributed by atoms with Crippen molar-refractivity contribution in [3.05, 3.63) is 51.8 Å². The number of nitrogens with zero attached hydrogens (tertiary/aromatic N) is 6. The summed E-state index contributed by atoms with van der Waals surface area (Å²) in [5.41, 5.74) is 1.97. The van der Waals surface area contributed by atoms with Crippen molar-refractivity contribution in [2.75, 3.05) is 7.11 Å². The van der Waals surface area contributed by atoms with E-state index in [4.69, 9.17) is 16.3 Å². The van der Waals surface area contributed by atoms with Gasteiger partial charge in [0.1, 0.15) is 12.4 Å². The number of hydrogen-bond donors (Lipinski definition) is 0. The number of benzene rings is 1. The molecule has 27 heavy (non-hydrogen) atoms. The van der Waals surface area contributed by atoms with Crippen LogP contribution in [0.5, 0.6) is 0 Å². The molecule has 138 valence electrons. The fourth-order valence-corrected chi connectivity index (χ4v) is 3.96. The Hall–Kier alpha value is -2.71. The normalized spacial score (nSPS) is 15.7. The first kappa shape index (κ1) is 16.5. The number of hydrogen-bond acceptors (Lipinski definition) is 5. The van der Waals surface area contributed by atoms with Crippen LogP contribution >= 0.6 is 11.6 Å². The molecule has 1 aliphatic rings. The lowest BCUT2D eigenvalue weighted by atomic mass is 10.2. The molecule has 5 rings (SSSR count). The van der Waals surface area contributed by atoms with Gasteiger partial charge in [0.2, 0.25) is 0 Å². The van der Waals surface area contributed by atoms with E-state index in [-0.39, 0.29) is 11.7 Å². The molecule has 1 aromatic carbocycles. The van der Waals surface area contributed by atoms with Gasteiger partial charge in [-0.25, -0.2) is 4.98 Å². The van der Waals surface area contributed by atoms with Crippen LogP contribution < -0.4 is 5.56 Å². The molecular formula is C18H17ClN6O2. The molecule has 1 fully saturated rings. The molecule has 0 N–H and O–H groups in total. The van der Waals surface area contributed by atoms with E-state index in [0.29, 0.717) is 33.3 Å². The fourth-order valence-electron chi connectivity index (χ4n) is 3.71. The molecule has 0 spiro atoms. The molecule has 4 aromatic rings. The highest BCUT2D eigenvalue weighted by Gasteiger charge is 2.35. The van der Waals surface area contributed by atoms with E-state index in [1.165, 1.54) is 0 Å². The Balaban J connectivity index is 1.81. The van der Waals surface area contributed by atoms with Gasteiger partial charge in [0.05, 0.1) is 27.8 Å². The highest BCUT2D eigenvalue weighted by molar-refractivity contribution is 6.35. The van der Waals surface area contributed by atoms with Crippen LogP contribution in [0.25, 0.3) is 22.4 Å². The van der Waals surface area contributed by atoms with Gasteiger partial charge in [0.25, 0.3) is 5.56 Å². The molecule has 8 nitrogen and oxygen atoms in total. The van der Waals surface area contributed by atoms with Gasteiger partial charge in [-0.05, 0) is 30.9 Å². The van der Waals surface area contributed by atoms with Crippen molar-refractivity contribution < 1.29 is 4.74 Å². The molecule has 3 aromatic heterocycles. The maximum Gasteiger partial charge on any atom is 0.262 e. The Morgan fingerprint density at radius 2 is 2.15 bits per heavy atom. The van der Waals surface area contributed by atoms with Gasteiger partial charge in [-0.3, -0.25) is 13.8 Å². The molecule has 0 bridgehead atoms. The Morgan fingerprint density at radius 1 is 1.33 bits per heavy atom. The summed E-state index contributed by atoms with van der Waals surface area (Å²) >= 11 is 6.28. The summed E-state index contributed by atoms with van der Waals surface area (Å²) in [6.45, 7) is 0. The highest BCUT2D eigenvalue weighted by Crippen LogP contribution is 2.43. The number of aryl methyl sites for hydroxylation is 1. The Labute approximate surface area is 158 Å². The molecule has 0 amide bonds. The number of fused-ring (bicyclic) bond motifs is 3. The van der Waals surface area contributed by atoms with E-state index in [2.05, 4.69) is 15.3 Å². The summed E-state index contributed by atoms with van der Waals surface area (Å²) in [7, 11) is 3.40. The van der Waals surface area contributed by atoms with Gasteiger partial charge in [-0.1, -0.05) is 22.9 Å². The van der Waals surface area contributed by atoms with Crippen molar-refractivity contribution in [3.63, 3.8) is 0 Å². The number of aromatic nitrogens is 6. The molecule has 1 aliphatic carbocycles. The van der Waals surface area contributed by atoms with Crippen LogP contribution in [0.15, 0.2) is 35.5 Å². The Bertz CT molecular complexity index is 1240. The first-order chi connectivity index (χ1) is 13.1. The summed E-state index contributed by atoms with van der Waals surface area (Å²) in [6, 6.07) is 5.38. The van der Waals surface area contributed by atoms with Crippen LogP contribution in [0, 0.1) is 5.92 Å². The quantitative estimate of drug-likeness (QED) is 0.540. The van der Waals surface area contributed by atoms with Gasteiger partial charge in [0, 0.05) is 14.2 Å². The number of imidazole rings is 1. The second kappa shape index (κ2) is 5.90. The molecular weight excluding hydrogens is 368 g/mol. The van der Waals surface area contributed by atoms with E-state index in [1.54, 1.807) is 42.0 Å². The topological polar surface area (TPSA) is 79.2 Å². The van der Waals surface area contributed by atoms with E-state index < -0.39 is 0 Å². The zero-order chi connectivity index (χ0) is 18.7. The van der Waals surface area contributed by atoms with Crippen LogP contribution in [0.2, 0.25) is 5.02 Å². The third kappa shape index (κ3) is 2.33. The van der Waals surface area contributed by atoms with E-state index in [9.17, 15) is 4.79 Å². The van der Waals surface area contributed by atoms with Gasteiger partial charge < -0.3 is 4.74 Å². The first-order valence-electron chi connectivity index (χ1n) is 8.70. The van der Waals surface area contributed by atoms with Crippen LogP contribution in [-0.2, 0) is 11.8 Å². The lowest BCUT2D eigenvalue weighted by Gasteiger charge is -2.15. The predicted molar refractivity (Wildman–Crippen MR) is 100 cm³/mol. The molecule has 1 unspecified atom stereocenters. The van der Waals surface area contributed by atoms with E-state index in [0.717, 1.165) is 18.5 Å². The third-order valence-corrected chi connectivity index (χ3v) is 5.50. The second-order valence-electron chi connectivity index (χ2n) is 6.82. The fraction of sp³-hybridized carbons (Fsp3) is 0.333. The van der Waals surface area contributed by atoms with Crippen molar-refractivity contribution in [1.82, 2.24) is 28.9 Å². The van der Waals surface area contributed by atoms with Crippen LogP contribution in [0.1, 0.15) is 24.6 Å². The minimum Gasteiger partial charge on any atom is -0.375 e. The monoisotopic (exact) mass is 384 g/mol. The van der Waals surface area contributed by atoms with Crippen molar-refractivity contribution in [1.29, 1.82) is 0 Å². The lowest BCUT2D eigenvalue weighted by molar-refractivity contribution is 0.0789. The van der Waals surface area contributed by atoms with Crippen molar-refractivity contribution in [2.24, 2.45) is 13.0 Å². The Kier molecular flexibility index (Phi) is 3.60. The average molecular weight is 385 g/mol. The van der Waals surface area contributed by atoms with Gasteiger partial charge >= 0.3 is 0 Å². The summed E-state index contributed by atoms with van der Waals surface area (Å²) < 4.78 is 10.7. The minimum atomic E-state index is -0.183. The maximum absolute atomic E-state index is 12.9. The Morgan fingerprint density at radius 3 is 2.89 bits per heavy atom. The SMILES string of the molecule is COC(c1cnnn1-c1ncn2c3cccc(Cl)c3c(=O)n(C)c12)C1CC1. The third-order valence-electron chi connectivity index (χ3n) is 5.18. The smallest absolute Gasteiger partial charge is 0.262 e. The standard InChI is InChI=1S/C18H17ClN6O2/c1-23-17-16(25-13(8-21-22-25)15(27-2)10-6-7-10)20-9-24(17)12-5-3-4-11(19)14(12)18(23)26/h3-5,8-10,15H,6-7H2,1-2H3. The summed E-state index contributed by atoms with van der Waals surface area (Å²) in [5.74, 6) is 0.997. The van der Waals surface area contributed by atoms with Gasteiger partial charge in [0.15, 0.2) is 11.5 Å². The van der Waals surface area contributed by atoms with Gasteiger partial charge in [-0.2, -0.15) is 4.68 Å². The molecule has 0 saturated heterocycles.